The molecule has 0 fully saturated rings. The van der Waals surface area contributed by atoms with Crippen LogP contribution >= 0.6 is 0 Å². The maximum absolute atomic E-state index is 11.9. The molecule has 0 aromatic rings. The van der Waals surface area contributed by atoms with Gasteiger partial charge >= 0.3 is 0 Å². The SMILES string of the molecule is CC(=O)CCC(=O)NC(CCC(C)=O)C(=O)NCC(C)=O. The Bertz CT molecular complexity index is 431. The first-order chi connectivity index (χ1) is 9.72. The molecule has 0 saturated carbocycles. The number of hydrogen-bond acceptors (Lipinski definition) is 5. The first-order valence-corrected chi connectivity index (χ1v) is 6.77. The van der Waals surface area contributed by atoms with Gasteiger partial charge in [0, 0.05) is 19.3 Å². The molecule has 0 aromatic carbocycles. The molecule has 21 heavy (non-hydrogen) atoms. The van der Waals surface area contributed by atoms with E-state index in [-0.39, 0.29) is 49.6 Å². The number of ketones is 3. The summed E-state index contributed by atoms with van der Waals surface area (Å²) in [4.78, 5) is 56.2. The number of hydrogen-bond donors (Lipinski definition) is 2. The average Bonchev–Trinajstić information content (AvgIpc) is 2.38. The van der Waals surface area contributed by atoms with E-state index in [9.17, 15) is 24.0 Å². The zero-order valence-electron chi connectivity index (χ0n) is 12.7. The van der Waals surface area contributed by atoms with Crippen molar-refractivity contribution >= 4 is 29.2 Å². The van der Waals surface area contributed by atoms with Crippen LogP contribution in [0.2, 0.25) is 0 Å². The quantitative estimate of drug-likeness (QED) is 0.586. The van der Waals surface area contributed by atoms with Crippen LogP contribution < -0.4 is 10.6 Å². The fourth-order valence-electron chi connectivity index (χ4n) is 1.51. The summed E-state index contributed by atoms with van der Waals surface area (Å²) >= 11 is 0. The fraction of sp³-hybridized carbons (Fsp3) is 0.643. The molecule has 0 aromatic heterocycles. The van der Waals surface area contributed by atoms with E-state index in [0.29, 0.717) is 0 Å². The van der Waals surface area contributed by atoms with Crippen LogP contribution in [-0.4, -0.2) is 41.8 Å². The molecule has 0 aliphatic heterocycles. The molecule has 2 N–H and O–H groups in total. The van der Waals surface area contributed by atoms with Crippen molar-refractivity contribution < 1.29 is 24.0 Å². The first-order valence-electron chi connectivity index (χ1n) is 6.77. The van der Waals surface area contributed by atoms with E-state index in [4.69, 9.17) is 0 Å². The Morgan fingerprint density at radius 3 is 1.86 bits per heavy atom. The minimum atomic E-state index is -0.882. The van der Waals surface area contributed by atoms with Gasteiger partial charge in [-0.25, -0.2) is 0 Å². The topological polar surface area (TPSA) is 109 Å². The molecule has 1 atom stereocenters. The molecule has 0 rings (SSSR count). The second-order valence-corrected chi connectivity index (χ2v) is 4.98. The van der Waals surface area contributed by atoms with Crippen LogP contribution in [0.15, 0.2) is 0 Å². The number of amides is 2. The second-order valence-electron chi connectivity index (χ2n) is 4.98. The van der Waals surface area contributed by atoms with Crippen molar-refractivity contribution in [2.24, 2.45) is 0 Å². The maximum atomic E-state index is 11.9. The summed E-state index contributed by atoms with van der Waals surface area (Å²) in [6, 6.07) is -0.882. The van der Waals surface area contributed by atoms with Gasteiger partial charge in [-0.2, -0.15) is 0 Å². The second kappa shape index (κ2) is 9.79. The van der Waals surface area contributed by atoms with Crippen LogP contribution in [0, 0.1) is 0 Å². The lowest BCUT2D eigenvalue weighted by molar-refractivity contribution is -0.131. The molecule has 7 nitrogen and oxygen atoms in total. The molecular weight excluding hydrogens is 276 g/mol. The number of carbonyl (C=O) groups is 5. The molecule has 0 heterocycles. The average molecular weight is 298 g/mol. The largest absolute Gasteiger partial charge is 0.347 e. The van der Waals surface area contributed by atoms with Gasteiger partial charge in [-0.05, 0) is 27.2 Å². The Labute approximate surface area is 123 Å². The molecule has 118 valence electrons. The Morgan fingerprint density at radius 1 is 0.810 bits per heavy atom. The van der Waals surface area contributed by atoms with E-state index in [2.05, 4.69) is 10.6 Å². The Morgan fingerprint density at radius 2 is 1.38 bits per heavy atom. The highest BCUT2D eigenvalue weighted by Crippen LogP contribution is 2.01. The van der Waals surface area contributed by atoms with Gasteiger partial charge in [-0.15, -0.1) is 0 Å². The van der Waals surface area contributed by atoms with Crippen molar-refractivity contribution in [1.29, 1.82) is 0 Å². The minimum Gasteiger partial charge on any atom is -0.347 e. The zero-order chi connectivity index (χ0) is 16.4. The Hall–Kier alpha value is -2.05. The molecule has 0 bridgehead atoms. The van der Waals surface area contributed by atoms with Gasteiger partial charge in [-0.1, -0.05) is 0 Å². The van der Waals surface area contributed by atoms with Gasteiger partial charge < -0.3 is 20.2 Å². The van der Waals surface area contributed by atoms with Crippen molar-refractivity contribution in [3.8, 4) is 0 Å². The summed E-state index contributed by atoms with van der Waals surface area (Å²) in [6.45, 7) is 3.97. The van der Waals surface area contributed by atoms with E-state index in [1.807, 2.05) is 0 Å². The molecule has 0 radical (unpaired) electrons. The fourth-order valence-corrected chi connectivity index (χ4v) is 1.51. The third-order valence-electron chi connectivity index (χ3n) is 2.65. The molecular formula is C14H22N2O5. The zero-order valence-corrected chi connectivity index (χ0v) is 12.7. The normalized spacial score (nSPS) is 11.4. The molecule has 1 unspecified atom stereocenters. The molecule has 0 aliphatic carbocycles. The number of rotatable bonds is 10. The van der Waals surface area contributed by atoms with Crippen molar-refractivity contribution in [3.05, 3.63) is 0 Å². The van der Waals surface area contributed by atoms with Crippen LogP contribution in [0.1, 0.15) is 46.5 Å². The summed E-state index contributed by atoms with van der Waals surface area (Å²) in [5, 5.41) is 4.88. The number of nitrogens with one attached hydrogen (secondary N) is 2. The van der Waals surface area contributed by atoms with Crippen molar-refractivity contribution in [2.45, 2.75) is 52.5 Å². The van der Waals surface area contributed by atoms with Crippen LogP contribution in [0.3, 0.4) is 0 Å². The molecule has 0 spiro atoms. The predicted molar refractivity (Wildman–Crippen MR) is 75.5 cm³/mol. The lowest BCUT2D eigenvalue weighted by Crippen LogP contribution is -2.47. The van der Waals surface area contributed by atoms with Gasteiger partial charge in [0.15, 0.2) is 0 Å². The molecule has 0 saturated heterocycles. The van der Waals surface area contributed by atoms with Gasteiger partial charge in [0.25, 0.3) is 0 Å². The van der Waals surface area contributed by atoms with E-state index in [0.717, 1.165) is 0 Å². The summed E-state index contributed by atoms with van der Waals surface area (Å²) in [5.41, 5.74) is 0. The van der Waals surface area contributed by atoms with Crippen molar-refractivity contribution in [2.75, 3.05) is 6.54 Å². The lowest BCUT2D eigenvalue weighted by Gasteiger charge is -2.17. The first kappa shape index (κ1) is 18.9. The number of Topliss-reactive ketones (excluding diaryl/α,β-unsaturated/α-hetero) is 3. The van der Waals surface area contributed by atoms with E-state index < -0.39 is 17.9 Å². The molecule has 2 amide bonds. The van der Waals surface area contributed by atoms with Gasteiger partial charge in [-0.3, -0.25) is 14.4 Å². The van der Waals surface area contributed by atoms with E-state index in [1.165, 1.54) is 20.8 Å². The Kier molecular flexibility index (Phi) is 8.84. The standard InChI is InChI=1S/C14H22N2O5/c1-9(17)4-6-12(14(21)15-8-11(3)19)16-13(20)7-5-10(2)18/h12H,4-8H2,1-3H3,(H,15,21)(H,16,20). The molecule has 7 heteroatoms. The van der Waals surface area contributed by atoms with Crippen LogP contribution in [0.25, 0.3) is 0 Å². The van der Waals surface area contributed by atoms with Crippen molar-refractivity contribution in [3.63, 3.8) is 0 Å². The third kappa shape index (κ3) is 10.4. The van der Waals surface area contributed by atoms with E-state index >= 15 is 0 Å². The van der Waals surface area contributed by atoms with Gasteiger partial charge in [0.05, 0.1) is 6.54 Å². The highest BCUT2D eigenvalue weighted by molar-refractivity contribution is 5.91. The highest BCUT2D eigenvalue weighted by atomic mass is 16.2. The van der Waals surface area contributed by atoms with Crippen LogP contribution in [-0.2, 0) is 24.0 Å². The van der Waals surface area contributed by atoms with Crippen molar-refractivity contribution in [1.82, 2.24) is 10.6 Å². The summed E-state index contributed by atoms with van der Waals surface area (Å²) in [6.07, 6.45) is 0.391. The monoisotopic (exact) mass is 298 g/mol. The Balaban J connectivity index is 4.52. The van der Waals surface area contributed by atoms with Gasteiger partial charge in [0.1, 0.15) is 23.4 Å². The van der Waals surface area contributed by atoms with Crippen LogP contribution in [0.4, 0.5) is 0 Å². The van der Waals surface area contributed by atoms with Crippen LogP contribution in [0.5, 0.6) is 0 Å². The predicted octanol–water partition coefficient (Wildman–Crippen LogP) is -0.0852. The highest BCUT2D eigenvalue weighted by Gasteiger charge is 2.21. The lowest BCUT2D eigenvalue weighted by atomic mass is 10.1. The number of carbonyl (C=O) groups excluding carboxylic acids is 5. The summed E-state index contributed by atoms with van der Waals surface area (Å²) in [7, 11) is 0. The smallest absolute Gasteiger partial charge is 0.242 e. The summed E-state index contributed by atoms with van der Waals surface area (Å²) in [5.74, 6) is -1.38. The third-order valence-corrected chi connectivity index (χ3v) is 2.65. The molecule has 0 aliphatic rings. The minimum absolute atomic E-state index is 0.00804. The summed E-state index contributed by atoms with van der Waals surface area (Å²) < 4.78 is 0. The van der Waals surface area contributed by atoms with E-state index in [1.54, 1.807) is 0 Å². The maximum Gasteiger partial charge on any atom is 0.242 e. The van der Waals surface area contributed by atoms with Gasteiger partial charge in [0.2, 0.25) is 11.8 Å².